The van der Waals surface area contributed by atoms with E-state index in [1.165, 1.54) is 5.57 Å². The molecule has 0 aliphatic rings. The Balaban J connectivity index is 2.73. The number of hydrogen-bond acceptors (Lipinski definition) is 4. The summed E-state index contributed by atoms with van der Waals surface area (Å²) in [6.07, 6.45) is 2.05. The molecule has 1 aromatic rings. The van der Waals surface area contributed by atoms with E-state index in [9.17, 15) is 0 Å². The van der Waals surface area contributed by atoms with Crippen LogP contribution in [0.3, 0.4) is 0 Å². The number of rotatable bonds is 9. The number of benzene rings is 1. The van der Waals surface area contributed by atoms with Crippen molar-refractivity contribution < 1.29 is 14.2 Å². The summed E-state index contributed by atoms with van der Waals surface area (Å²) >= 11 is 0. The molecule has 1 aromatic carbocycles. The maximum atomic E-state index is 5.85. The molecule has 0 aromatic heterocycles. The molecule has 0 aliphatic carbocycles. The minimum absolute atomic E-state index is 0.549. The molecule has 0 spiro atoms. The van der Waals surface area contributed by atoms with Crippen LogP contribution < -0.4 is 14.8 Å². The summed E-state index contributed by atoms with van der Waals surface area (Å²) in [4.78, 5) is 0. The lowest BCUT2D eigenvalue weighted by atomic mass is 10.2. The van der Waals surface area contributed by atoms with Gasteiger partial charge in [-0.25, -0.2) is 0 Å². The van der Waals surface area contributed by atoms with Crippen LogP contribution in [0.1, 0.15) is 19.4 Å². The van der Waals surface area contributed by atoms with Gasteiger partial charge in [0, 0.05) is 25.8 Å². The van der Waals surface area contributed by atoms with Crippen molar-refractivity contribution in [1.29, 1.82) is 0 Å². The summed E-state index contributed by atoms with van der Waals surface area (Å²) in [5.74, 6) is 1.57. The highest BCUT2D eigenvalue weighted by atomic mass is 16.5. The highest BCUT2D eigenvalue weighted by Crippen LogP contribution is 2.31. The molecule has 0 saturated heterocycles. The highest BCUT2D eigenvalue weighted by Gasteiger charge is 2.09. The standard InChI is InChI=1S/C16H25NO3/c1-13(2)8-10-20-16-14(12-17-9-11-18-3)6-5-7-15(16)19-4/h5-8,17H,9-12H2,1-4H3. The van der Waals surface area contributed by atoms with Gasteiger partial charge in [0.1, 0.15) is 6.61 Å². The topological polar surface area (TPSA) is 39.7 Å². The third-order valence-corrected chi connectivity index (χ3v) is 2.80. The molecule has 0 unspecified atom stereocenters. The molecule has 0 heterocycles. The lowest BCUT2D eigenvalue weighted by Crippen LogP contribution is -2.19. The number of hydrogen-bond donors (Lipinski definition) is 1. The fourth-order valence-electron chi connectivity index (χ4n) is 1.71. The second-order valence-corrected chi connectivity index (χ2v) is 4.71. The van der Waals surface area contributed by atoms with E-state index in [0.29, 0.717) is 13.2 Å². The predicted molar refractivity (Wildman–Crippen MR) is 81.5 cm³/mol. The van der Waals surface area contributed by atoms with E-state index in [4.69, 9.17) is 14.2 Å². The first-order chi connectivity index (χ1) is 9.69. The Morgan fingerprint density at radius 2 is 2.05 bits per heavy atom. The second kappa shape index (κ2) is 9.39. The van der Waals surface area contributed by atoms with Crippen LogP contribution >= 0.6 is 0 Å². The molecule has 0 aliphatic heterocycles. The molecule has 4 nitrogen and oxygen atoms in total. The molecule has 0 amide bonds. The molecule has 0 atom stereocenters. The Bertz CT molecular complexity index is 426. The maximum absolute atomic E-state index is 5.85. The van der Waals surface area contributed by atoms with E-state index in [2.05, 4.69) is 25.2 Å². The average Bonchev–Trinajstić information content (AvgIpc) is 2.44. The van der Waals surface area contributed by atoms with Crippen LogP contribution in [0.15, 0.2) is 29.8 Å². The zero-order chi connectivity index (χ0) is 14.8. The summed E-state index contributed by atoms with van der Waals surface area (Å²) in [6.45, 7) is 6.88. The quantitative estimate of drug-likeness (QED) is 0.557. The van der Waals surface area contributed by atoms with E-state index < -0.39 is 0 Å². The second-order valence-electron chi connectivity index (χ2n) is 4.71. The zero-order valence-corrected chi connectivity index (χ0v) is 12.9. The zero-order valence-electron chi connectivity index (χ0n) is 12.9. The van der Waals surface area contributed by atoms with Crippen LogP contribution in [0.2, 0.25) is 0 Å². The van der Waals surface area contributed by atoms with Crippen molar-refractivity contribution in [1.82, 2.24) is 5.32 Å². The Labute approximate surface area is 121 Å². The van der Waals surface area contributed by atoms with E-state index >= 15 is 0 Å². The average molecular weight is 279 g/mol. The molecule has 1 N–H and O–H groups in total. The lowest BCUT2D eigenvalue weighted by Gasteiger charge is -2.14. The van der Waals surface area contributed by atoms with Crippen molar-refractivity contribution in [3.8, 4) is 11.5 Å². The number of nitrogens with one attached hydrogen (secondary N) is 1. The Hall–Kier alpha value is -1.52. The summed E-state index contributed by atoms with van der Waals surface area (Å²) < 4.78 is 16.2. The lowest BCUT2D eigenvalue weighted by molar-refractivity contribution is 0.199. The van der Waals surface area contributed by atoms with Gasteiger partial charge in [-0.1, -0.05) is 17.7 Å². The first-order valence-electron chi connectivity index (χ1n) is 6.80. The number of methoxy groups -OCH3 is 2. The SMILES string of the molecule is COCCNCc1cccc(OC)c1OCC=C(C)C. The van der Waals surface area contributed by atoms with E-state index in [1.54, 1.807) is 14.2 Å². The molecule has 0 bridgehead atoms. The van der Waals surface area contributed by atoms with Crippen molar-refractivity contribution in [2.24, 2.45) is 0 Å². The smallest absolute Gasteiger partial charge is 0.166 e. The Kier molecular flexibility index (Phi) is 7.77. The normalized spacial score (nSPS) is 10.2. The van der Waals surface area contributed by atoms with E-state index in [1.807, 2.05) is 18.2 Å². The van der Waals surface area contributed by atoms with Gasteiger partial charge < -0.3 is 19.5 Å². The van der Waals surface area contributed by atoms with E-state index in [-0.39, 0.29) is 0 Å². The van der Waals surface area contributed by atoms with Crippen LogP contribution in [0.4, 0.5) is 0 Å². The molecule has 0 saturated carbocycles. The largest absolute Gasteiger partial charge is 0.493 e. The Morgan fingerprint density at radius 3 is 2.70 bits per heavy atom. The van der Waals surface area contributed by atoms with Gasteiger partial charge >= 0.3 is 0 Å². The van der Waals surface area contributed by atoms with Crippen LogP contribution in [0, 0.1) is 0 Å². The van der Waals surface area contributed by atoms with Crippen molar-refractivity contribution in [2.45, 2.75) is 20.4 Å². The minimum Gasteiger partial charge on any atom is -0.493 e. The van der Waals surface area contributed by atoms with Gasteiger partial charge in [0.25, 0.3) is 0 Å². The van der Waals surface area contributed by atoms with Crippen LogP contribution in [-0.2, 0) is 11.3 Å². The van der Waals surface area contributed by atoms with Gasteiger partial charge in [0.15, 0.2) is 11.5 Å². The molecular formula is C16H25NO3. The molecule has 0 fully saturated rings. The monoisotopic (exact) mass is 279 g/mol. The van der Waals surface area contributed by atoms with Crippen LogP contribution in [0.5, 0.6) is 11.5 Å². The van der Waals surface area contributed by atoms with Crippen molar-refractivity contribution in [3.05, 3.63) is 35.4 Å². The van der Waals surface area contributed by atoms with Gasteiger partial charge in [0.05, 0.1) is 13.7 Å². The van der Waals surface area contributed by atoms with Gasteiger partial charge in [-0.3, -0.25) is 0 Å². The van der Waals surface area contributed by atoms with Crippen molar-refractivity contribution in [2.75, 3.05) is 34.0 Å². The van der Waals surface area contributed by atoms with Crippen molar-refractivity contribution >= 4 is 0 Å². The maximum Gasteiger partial charge on any atom is 0.166 e. The molecular weight excluding hydrogens is 254 g/mol. The summed E-state index contributed by atoms with van der Waals surface area (Å²) in [7, 11) is 3.35. The molecule has 4 heteroatoms. The van der Waals surface area contributed by atoms with Crippen LogP contribution in [-0.4, -0.2) is 34.0 Å². The van der Waals surface area contributed by atoms with Gasteiger partial charge in [-0.15, -0.1) is 0 Å². The third-order valence-electron chi connectivity index (χ3n) is 2.80. The highest BCUT2D eigenvalue weighted by molar-refractivity contribution is 5.46. The number of para-hydroxylation sites is 1. The molecule has 20 heavy (non-hydrogen) atoms. The van der Waals surface area contributed by atoms with Gasteiger partial charge in [-0.05, 0) is 26.0 Å². The minimum atomic E-state index is 0.549. The van der Waals surface area contributed by atoms with E-state index in [0.717, 1.165) is 30.2 Å². The first kappa shape index (κ1) is 16.5. The Morgan fingerprint density at radius 1 is 1.25 bits per heavy atom. The molecule has 112 valence electrons. The van der Waals surface area contributed by atoms with Gasteiger partial charge in [-0.2, -0.15) is 0 Å². The third kappa shape index (κ3) is 5.63. The summed E-state index contributed by atoms with van der Waals surface area (Å²) in [5, 5.41) is 3.32. The summed E-state index contributed by atoms with van der Waals surface area (Å²) in [5.41, 5.74) is 2.32. The fourth-order valence-corrected chi connectivity index (χ4v) is 1.71. The number of ether oxygens (including phenoxy) is 3. The van der Waals surface area contributed by atoms with Crippen molar-refractivity contribution in [3.63, 3.8) is 0 Å². The summed E-state index contributed by atoms with van der Waals surface area (Å²) in [6, 6.07) is 5.93. The van der Waals surface area contributed by atoms with Crippen LogP contribution in [0.25, 0.3) is 0 Å². The number of allylic oxidation sites excluding steroid dienone is 1. The fraction of sp³-hybridized carbons (Fsp3) is 0.500. The first-order valence-corrected chi connectivity index (χ1v) is 6.80. The molecule has 0 radical (unpaired) electrons. The predicted octanol–water partition coefficient (Wildman–Crippen LogP) is 2.78. The molecule has 1 rings (SSSR count). The van der Waals surface area contributed by atoms with Gasteiger partial charge in [0.2, 0.25) is 0 Å².